The lowest BCUT2D eigenvalue weighted by molar-refractivity contribution is 0.196. The summed E-state index contributed by atoms with van der Waals surface area (Å²) in [5.74, 6) is 1.75. The number of halogens is 2. The van der Waals surface area contributed by atoms with E-state index in [2.05, 4.69) is 21.2 Å². The minimum Gasteiger partial charge on any atom is -0.508 e. The van der Waals surface area contributed by atoms with Gasteiger partial charge in [0.1, 0.15) is 18.2 Å². The van der Waals surface area contributed by atoms with Crippen LogP contribution in [0.4, 0.5) is 10.1 Å². The molecule has 1 aliphatic rings. The Kier molecular flexibility index (Phi) is 8.10. The van der Waals surface area contributed by atoms with Gasteiger partial charge in [-0.05, 0) is 82.7 Å². The van der Waals surface area contributed by atoms with Gasteiger partial charge in [0.15, 0.2) is 11.5 Å². The standard InChI is InChI=1S/C27H29BrFNO3/c28-24-14-20(16-30-22-10-12-23(31)13-11-22)15-26(32-17-19-6-2-1-3-7-19)27(24)33-18-21-8-4-5-9-25(21)29/h4-5,8-15,19,30-31H,1-3,6-7,16-18H2. The largest absolute Gasteiger partial charge is 0.508 e. The van der Waals surface area contributed by atoms with Crippen molar-refractivity contribution in [2.24, 2.45) is 5.92 Å². The third-order valence-electron chi connectivity index (χ3n) is 5.96. The molecule has 0 amide bonds. The van der Waals surface area contributed by atoms with Gasteiger partial charge in [-0.3, -0.25) is 0 Å². The zero-order valence-electron chi connectivity index (χ0n) is 18.5. The van der Waals surface area contributed by atoms with Gasteiger partial charge in [0.25, 0.3) is 0 Å². The van der Waals surface area contributed by atoms with Crippen molar-refractivity contribution in [1.29, 1.82) is 0 Å². The lowest BCUT2D eigenvalue weighted by atomic mass is 9.90. The number of benzene rings is 3. The first-order chi connectivity index (χ1) is 16.1. The summed E-state index contributed by atoms with van der Waals surface area (Å²) in [5.41, 5.74) is 2.43. The number of aromatic hydroxyl groups is 1. The first kappa shape index (κ1) is 23.4. The summed E-state index contributed by atoms with van der Waals surface area (Å²) >= 11 is 3.63. The van der Waals surface area contributed by atoms with Gasteiger partial charge in [0.2, 0.25) is 0 Å². The van der Waals surface area contributed by atoms with Crippen LogP contribution in [-0.4, -0.2) is 11.7 Å². The van der Waals surface area contributed by atoms with E-state index in [0.29, 0.717) is 36.1 Å². The molecule has 4 nitrogen and oxygen atoms in total. The van der Waals surface area contributed by atoms with E-state index >= 15 is 0 Å². The fourth-order valence-corrected chi connectivity index (χ4v) is 4.69. The highest BCUT2D eigenvalue weighted by molar-refractivity contribution is 9.10. The maximum Gasteiger partial charge on any atom is 0.175 e. The number of rotatable bonds is 9. The van der Waals surface area contributed by atoms with Crippen LogP contribution in [0.5, 0.6) is 17.2 Å². The van der Waals surface area contributed by atoms with Gasteiger partial charge in [0, 0.05) is 17.8 Å². The Balaban J connectivity index is 1.51. The van der Waals surface area contributed by atoms with Gasteiger partial charge in [-0.2, -0.15) is 0 Å². The van der Waals surface area contributed by atoms with Crippen LogP contribution >= 0.6 is 15.9 Å². The molecule has 0 atom stereocenters. The molecular formula is C27H29BrFNO3. The van der Waals surface area contributed by atoms with Gasteiger partial charge in [-0.15, -0.1) is 0 Å². The molecule has 0 bridgehead atoms. The second kappa shape index (κ2) is 11.4. The second-order valence-electron chi connectivity index (χ2n) is 8.50. The monoisotopic (exact) mass is 513 g/mol. The van der Waals surface area contributed by atoms with Gasteiger partial charge in [-0.1, -0.05) is 37.5 Å². The van der Waals surface area contributed by atoms with Gasteiger partial charge in [0.05, 0.1) is 11.1 Å². The van der Waals surface area contributed by atoms with Crippen LogP contribution in [0.25, 0.3) is 0 Å². The Labute approximate surface area is 202 Å². The van der Waals surface area contributed by atoms with Crippen LogP contribution < -0.4 is 14.8 Å². The first-order valence-electron chi connectivity index (χ1n) is 11.4. The van der Waals surface area contributed by atoms with E-state index in [1.807, 2.05) is 24.3 Å². The molecule has 0 aliphatic heterocycles. The van der Waals surface area contributed by atoms with Crippen LogP contribution in [0.1, 0.15) is 43.2 Å². The Morgan fingerprint density at radius 3 is 2.48 bits per heavy atom. The molecule has 0 saturated heterocycles. The van der Waals surface area contributed by atoms with E-state index in [-0.39, 0.29) is 18.2 Å². The molecule has 0 heterocycles. The molecule has 33 heavy (non-hydrogen) atoms. The summed E-state index contributed by atoms with van der Waals surface area (Å²) in [5, 5.41) is 12.8. The third-order valence-corrected chi connectivity index (χ3v) is 6.55. The van der Waals surface area contributed by atoms with Crippen molar-refractivity contribution in [2.45, 2.75) is 45.3 Å². The molecule has 1 aliphatic carbocycles. The Bertz CT molecular complexity index is 1050. The predicted octanol–water partition coefficient (Wildman–Crippen LogP) is 7.44. The molecular weight excluding hydrogens is 485 g/mol. The molecule has 1 saturated carbocycles. The van der Waals surface area contributed by atoms with Crippen molar-refractivity contribution in [3.63, 3.8) is 0 Å². The lowest BCUT2D eigenvalue weighted by Crippen LogP contribution is -2.16. The minimum atomic E-state index is -0.284. The Morgan fingerprint density at radius 2 is 1.73 bits per heavy atom. The fourth-order valence-electron chi connectivity index (χ4n) is 4.08. The number of hydrogen-bond acceptors (Lipinski definition) is 4. The van der Waals surface area contributed by atoms with Crippen LogP contribution in [0.2, 0.25) is 0 Å². The van der Waals surface area contributed by atoms with Crippen molar-refractivity contribution < 1.29 is 19.0 Å². The number of phenols is 1. The number of phenolic OH excluding ortho intramolecular Hbond substituents is 1. The summed E-state index contributed by atoms with van der Waals surface area (Å²) in [7, 11) is 0. The summed E-state index contributed by atoms with van der Waals surface area (Å²) in [6, 6.07) is 17.6. The van der Waals surface area contributed by atoms with Crippen LogP contribution in [0.15, 0.2) is 65.1 Å². The van der Waals surface area contributed by atoms with Crippen molar-refractivity contribution >= 4 is 21.6 Å². The predicted molar refractivity (Wildman–Crippen MR) is 132 cm³/mol. The smallest absolute Gasteiger partial charge is 0.175 e. The zero-order chi connectivity index (χ0) is 23.0. The van der Waals surface area contributed by atoms with Gasteiger partial charge >= 0.3 is 0 Å². The summed E-state index contributed by atoms with van der Waals surface area (Å²) in [6.45, 7) is 1.35. The summed E-state index contributed by atoms with van der Waals surface area (Å²) in [6.07, 6.45) is 6.19. The molecule has 0 unspecified atom stereocenters. The number of anilines is 1. The topological polar surface area (TPSA) is 50.7 Å². The second-order valence-corrected chi connectivity index (χ2v) is 9.35. The fraction of sp³-hybridized carbons (Fsp3) is 0.333. The average molecular weight is 514 g/mol. The van der Waals surface area contributed by atoms with Crippen molar-refractivity contribution in [3.8, 4) is 17.2 Å². The average Bonchev–Trinajstić information content (AvgIpc) is 2.83. The molecule has 0 radical (unpaired) electrons. The van der Waals surface area contributed by atoms with Crippen LogP contribution in [0.3, 0.4) is 0 Å². The van der Waals surface area contributed by atoms with Crippen molar-refractivity contribution in [2.75, 3.05) is 11.9 Å². The maximum atomic E-state index is 14.1. The molecule has 174 valence electrons. The number of ether oxygens (including phenoxy) is 2. The molecule has 3 aromatic carbocycles. The maximum absolute atomic E-state index is 14.1. The van der Waals surface area contributed by atoms with Gasteiger partial charge < -0.3 is 19.9 Å². The van der Waals surface area contributed by atoms with E-state index in [1.165, 1.54) is 38.2 Å². The number of hydrogen-bond donors (Lipinski definition) is 2. The highest BCUT2D eigenvalue weighted by Crippen LogP contribution is 2.38. The highest BCUT2D eigenvalue weighted by Gasteiger charge is 2.18. The third kappa shape index (κ3) is 6.64. The van der Waals surface area contributed by atoms with E-state index < -0.39 is 0 Å². The first-order valence-corrected chi connectivity index (χ1v) is 12.2. The summed E-state index contributed by atoms with van der Waals surface area (Å²) < 4.78 is 27.2. The Hall–Kier alpha value is -2.73. The molecule has 4 rings (SSSR count). The molecule has 0 aromatic heterocycles. The molecule has 6 heteroatoms. The molecule has 3 aromatic rings. The molecule has 1 fully saturated rings. The van der Waals surface area contributed by atoms with Gasteiger partial charge in [-0.25, -0.2) is 4.39 Å². The SMILES string of the molecule is Oc1ccc(NCc2cc(Br)c(OCc3ccccc3F)c(OCC3CCCCC3)c2)cc1. The zero-order valence-corrected chi connectivity index (χ0v) is 20.1. The molecule has 2 N–H and O–H groups in total. The van der Waals surface area contributed by atoms with Crippen molar-refractivity contribution in [1.82, 2.24) is 0 Å². The Morgan fingerprint density at radius 1 is 0.970 bits per heavy atom. The van der Waals surface area contributed by atoms with E-state index in [1.54, 1.807) is 30.3 Å². The van der Waals surface area contributed by atoms with E-state index in [9.17, 15) is 9.50 Å². The van der Waals surface area contributed by atoms with Crippen molar-refractivity contribution in [3.05, 3.63) is 82.1 Å². The summed E-state index contributed by atoms with van der Waals surface area (Å²) in [4.78, 5) is 0. The van der Waals surface area contributed by atoms with Crippen LogP contribution in [0, 0.1) is 11.7 Å². The quantitative estimate of drug-likeness (QED) is 0.292. The lowest BCUT2D eigenvalue weighted by Gasteiger charge is -2.23. The van der Waals surface area contributed by atoms with E-state index in [0.717, 1.165) is 15.7 Å². The minimum absolute atomic E-state index is 0.121. The highest BCUT2D eigenvalue weighted by atomic mass is 79.9. The van der Waals surface area contributed by atoms with Crippen LogP contribution in [-0.2, 0) is 13.2 Å². The van der Waals surface area contributed by atoms with E-state index in [4.69, 9.17) is 9.47 Å². The number of nitrogens with one attached hydrogen (secondary N) is 1. The normalized spacial score (nSPS) is 14.1. The molecule has 0 spiro atoms.